The fourth-order valence-electron chi connectivity index (χ4n) is 2.12. The summed E-state index contributed by atoms with van der Waals surface area (Å²) in [6.07, 6.45) is 0. The third kappa shape index (κ3) is 3.37. The zero-order valence-corrected chi connectivity index (χ0v) is 12.9. The van der Waals surface area contributed by atoms with Crippen LogP contribution in [0, 0.1) is 12.3 Å². The highest BCUT2D eigenvalue weighted by Crippen LogP contribution is 2.23. The van der Waals surface area contributed by atoms with Crippen molar-refractivity contribution in [1.82, 2.24) is 15.1 Å². The highest BCUT2D eigenvalue weighted by Gasteiger charge is 2.29. The van der Waals surface area contributed by atoms with Crippen molar-refractivity contribution in [2.24, 2.45) is 5.41 Å². The number of hydrogen-bond donors (Lipinski definition) is 3. The number of H-pyrrole nitrogens is 1. The van der Waals surface area contributed by atoms with Gasteiger partial charge >= 0.3 is 0 Å². The molecule has 1 aromatic rings. The van der Waals surface area contributed by atoms with E-state index in [4.69, 9.17) is 0 Å². The number of aromatic nitrogens is 2. The average Bonchev–Trinajstić information content (AvgIpc) is 2.79. The van der Waals surface area contributed by atoms with Crippen molar-refractivity contribution < 1.29 is 15.0 Å². The number of aryl methyl sites for hydroxylation is 1. The summed E-state index contributed by atoms with van der Waals surface area (Å²) in [5.74, 6) is 0.00226. The lowest BCUT2D eigenvalue weighted by Crippen LogP contribution is -2.42. The highest BCUT2D eigenvalue weighted by atomic mass is 16.3. The quantitative estimate of drug-likeness (QED) is 0.724. The number of rotatable bonds is 6. The van der Waals surface area contributed by atoms with E-state index in [9.17, 15) is 15.0 Å². The monoisotopic (exact) mass is 283 g/mol. The molecule has 0 fully saturated rings. The summed E-state index contributed by atoms with van der Waals surface area (Å²) in [5.41, 5.74) is 1.36. The molecule has 1 heterocycles. The van der Waals surface area contributed by atoms with Crippen LogP contribution in [-0.2, 0) is 0 Å². The number of aromatic amines is 1. The van der Waals surface area contributed by atoms with Crippen LogP contribution in [-0.4, -0.2) is 58.0 Å². The van der Waals surface area contributed by atoms with E-state index < -0.39 is 5.41 Å². The fraction of sp³-hybridized carbons (Fsp3) is 0.714. The van der Waals surface area contributed by atoms with E-state index in [0.717, 1.165) is 11.4 Å². The van der Waals surface area contributed by atoms with Gasteiger partial charge in [-0.1, -0.05) is 20.8 Å². The summed E-state index contributed by atoms with van der Waals surface area (Å²) in [6, 6.07) is 0. The second kappa shape index (κ2) is 6.37. The average molecular weight is 283 g/mol. The summed E-state index contributed by atoms with van der Waals surface area (Å²) in [7, 11) is 1.67. The molecule has 0 spiro atoms. The van der Waals surface area contributed by atoms with E-state index in [1.807, 2.05) is 20.8 Å². The number of carbonyl (C=O) groups is 1. The van der Waals surface area contributed by atoms with Crippen LogP contribution in [0.25, 0.3) is 0 Å². The molecule has 0 aliphatic rings. The van der Waals surface area contributed by atoms with Crippen molar-refractivity contribution in [2.75, 3.05) is 26.8 Å². The van der Waals surface area contributed by atoms with Gasteiger partial charge in [0.1, 0.15) is 0 Å². The second-order valence-corrected chi connectivity index (χ2v) is 6.05. The molecule has 1 aromatic heterocycles. The molecule has 114 valence electrons. The van der Waals surface area contributed by atoms with E-state index in [-0.39, 0.29) is 31.6 Å². The van der Waals surface area contributed by atoms with Crippen molar-refractivity contribution in [2.45, 2.75) is 33.6 Å². The number of nitrogens with zero attached hydrogens (tertiary/aromatic N) is 2. The molecule has 1 rings (SSSR count). The number of aliphatic hydroxyl groups excluding tert-OH is 2. The number of aliphatic hydroxyl groups is 2. The highest BCUT2D eigenvalue weighted by molar-refractivity contribution is 5.96. The molecule has 1 amide bonds. The van der Waals surface area contributed by atoms with Crippen molar-refractivity contribution in [3.05, 3.63) is 17.0 Å². The molecule has 6 heteroatoms. The third-order valence-corrected chi connectivity index (χ3v) is 3.46. The maximum atomic E-state index is 12.6. The minimum Gasteiger partial charge on any atom is -0.396 e. The molecule has 0 aliphatic heterocycles. The van der Waals surface area contributed by atoms with Gasteiger partial charge in [-0.25, -0.2) is 0 Å². The van der Waals surface area contributed by atoms with Crippen LogP contribution in [0.4, 0.5) is 0 Å². The molecular weight excluding hydrogens is 258 g/mol. The van der Waals surface area contributed by atoms with Crippen LogP contribution in [0.5, 0.6) is 0 Å². The Bertz CT molecular complexity index is 464. The molecule has 0 saturated carbocycles. The van der Waals surface area contributed by atoms with E-state index in [0.29, 0.717) is 5.56 Å². The SMILES string of the molecule is Cc1[nH]nc(C(C)C)c1C(=O)N(C)CC(C)(CO)CO. The van der Waals surface area contributed by atoms with Crippen LogP contribution >= 0.6 is 0 Å². The summed E-state index contributed by atoms with van der Waals surface area (Å²) in [4.78, 5) is 14.1. The first-order valence-electron chi connectivity index (χ1n) is 6.77. The standard InChI is InChI=1S/C14H25N3O3/c1-9(2)12-11(10(3)15-16-12)13(20)17(5)6-14(4,7-18)8-19/h9,18-19H,6-8H2,1-5H3,(H,15,16). The summed E-state index contributed by atoms with van der Waals surface area (Å²) in [6.45, 7) is 7.45. The maximum Gasteiger partial charge on any atom is 0.257 e. The predicted molar refractivity (Wildman–Crippen MR) is 76.7 cm³/mol. The van der Waals surface area contributed by atoms with Gasteiger partial charge in [-0.15, -0.1) is 0 Å². The zero-order chi connectivity index (χ0) is 15.5. The molecule has 6 nitrogen and oxygen atoms in total. The molecular formula is C14H25N3O3. The van der Waals surface area contributed by atoms with Gasteiger partial charge in [0.05, 0.1) is 24.5 Å². The lowest BCUT2D eigenvalue weighted by Gasteiger charge is -2.30. The van der Waals surface area contributed by atoms with E-state index in [1.54, 1.807) is 14.0 Å². The Balaban J connectivity index is 2.98. The summed E-state index contributed by atoms with van der Waals surface area (Å²) >= 11 is 0. The van der Waals surface area contributed by atoms with E-state index in [1.165, 1.54) is 4.90 Å². The van der Waals surface area contributed by atoms with Gasteiger partial charge in [-0.2, -0.15) is 5.10 Å². The first-order valence-corrected chi connectivity index (χ1v) is 6.77. The lowest BCUT2D eigenvalue weighted by molar-refractivity contribution is 0.0365. The Labute approximate surface area is 119 Å². The van der Waals surface area contributed by atoms with Gasteiger partial charge in [-0.3, -0.25) is 9.89 Å². The van der Waals surface area contributed by atoms with E-state index >= 15 is 0 Å². The number of nitrogens with one attached hydrogen (secondary N) is 1. The van der Waals surface area contributed by atoms with Gasteiger partial charge < -0.3 is 15.1 Å². The van der Waals surface area contributed by atoms with Crippen molar-refractivity contribution in [1.29, 1.82) is 0 Å². The minimum absolute atomic E-state index is 0.145. The van der Waals surface area contributed by atoms with Crippen LogP contribution in [0.2, 0.25) is 0 Å². The molecule has 0 aliphatic carbocycles. The van der Waals surface area contributed by atoms with Gasteiger partial charge in [0.15, 0.2) is 0 Å². The van der Waals surface area contributed by atoms with Crippen molar-refractivity contribution in [3.8, 4) is 0 Å². The molecule has 0 unspecified atom stereocenters. The Kier molecular flexibility index (Phi) is 5.30. The Morgan fingerprint density at radius 2 is 1.95 bits per heavy atom. The summed E-state index contributed by atoms with van der Waals surface area (Å²) in [5, 5.41) is 25.7. The smallest absolute Gasteiger partial charge is 0.257 e. The van der Waals surface area contributed by atoms with Crippen LogP contribution in [0.1, 0.15) is 48.4 Å². The first kappa shape index (κ1) is 16.7. The van der Waals surface area contributed by atoms with Gasteiger partial charge in [-0.05, 0) is 12.8 Å². The number of carbonyl (C=O) groups excluding carboxylic acids is 1. The largest absolute Gasteiger partial charge is 0.396 e. The summed E-state index contributed by atoms with van der Waals surface area (Å²) < 4.78 is 0. The Morgan fingerprint density at radius 3 is 2.40 bits per heavy atom. The van der Waals surface area contributed by atoms with Gasteiger partial charge in [0.25, 0.3) is 5.91 Å². The Hall–Kier alpha value is -1.40. The second-order valence-electron chi connectivity index (χ2n) is 6.05. The number of amides is 1. The van der Waals surface area contributed by atoms with Gasteiger partial charge in [0, 0.05) is 24.7 Å². The third-order valence-electron chi connectivity index (χ3n) is 3.46. The molecule has 0 aromatic carbocycles. The van der Waals surface area contributed by atoms with Crippen LogP contribution in [0.15, 0.2) is 0 Å². The predicted octanol–water partition coefficient (Wildman–Crippen LogP) is 0.904. The maximum absolute atomic E-state index is 12.6. The molecule has 0 bridgehead atoms. The van der Waals surface area contributed by atoms with E-state index in [2.05, 4.69) is 10.2 Å². The van der Waals surface area contributed by atoms with Crippen molar-refractivity contribution in [3.63, 3.8) is 0 Å². The molecule has 20 heavy (non-hydrogen) atoms. The van der Waals surface area contributed by atoms with Crippen LogP contribution in [0.3, 0.4) is 0 Å². The Morgan fingerprint density at radius 1 is 1.40 bits per heavy atom. The molecule has 3 N–H and O–H groups in total. The minimum atomic E-state index is -0.708. The zero-order valence-electron chi connectivity index (χ0n) is 12.9. The molecule has 0 saturated heterocycles. The fourth-order valence-corrected chi connectivity index (χ4v) is 2.12. The number of hydrogen-bond acceptors (Lipinski definition) is 4. The molecule has 0 radical (unpaired) electrons. The lowest BCUT2D eigenvalue weighted by atomic mass is 9.92. The van der Waals surface area contributed by atoms with Crippen LogP contribution < -0.4 is 0 Å². The van der Waals surface area contributed by atoms with Gasteiger partial charge in [0.2, 0.25) is 0 Å². The van der Waals surface area contributed by atoms with Crippen molar-refractivity contribution >= 4 is 5.91 Å². The topological polar surface area (TPSA) is 89.5 Å². The first-order chi connectivity index (χ1) is 9.25. The molecule has 0 atom stereocenters. The normalized spacial score (nSPS) is 12.0.